The third kappa shape index (κ3) is 3.33. The molecule has 98 valence electrons. The lowest BCUT2D eigenvalue weighted by atomic mass is 10.1. The molecule has 1 unspecified atom stereocenters. The van der Waals surface area contributed by atoms with E-state index in [4.69, 9.17) is 0 Å². The van der Waals surface area contributed by atoms with Crippen molar-refractivity contribution in [2.24, 2.45) is 0 Å². The zero-order valence-electron chi connectivity index (χ0n) is 11.4. The standard InChI is InChI=1S/C15H23N3/c1-3-16-13(2)8-6-7-11-18-12-17-14-9-4-5-10-15(14)18/h4-5,9-10,12-13,16H,3,6-8,11H2,1-2H3. The van der Waals surface area contributed by atoms with E-state index < -0.39 is 0 Å². The molecule has 0 amide bonds. The van der Waals surface area contributed by atoms with Gasteiger partial charge in [0.15, 0.2) is 0 Å². The SMILES string of the molecule is CCNC(C)CCCCn1cnc2ccccc21. The molecule has 1 aromatic heterocycles. The fraction of sp³-hybridized carbons (Fsp3) is 0.533. The molecule has 0 aliphatic heterocycles. The van der Waals surface area contributed by atoms with Gasteiger partial charge in [0.2, 0.25) is 0 Å². The Labute approximate surface area is 109 Å². The van der Waals surface area contributed by atoms with Crippen LogP contribution in [0.15, 0.2) is 30.6 Å². The maximum Gasteiger partial charge on any atom is 0.0958 e. The van der Waals surface area contributed by atoms with Gasteiger partial charge in [0, 0.05) is 12.6 Å². The number of rotatable bonds is 7. The molecule has 0 bridgehead atoms. The van der Waals surface area contributed by atoms with Crippen molar-refractivity contribution in [1.82, 2.24) is 14.9 Å². The normalized spacial score (nSPS) is 13.0. The molecular formula is C15H23N3. The molecule has 0 saturated carbocycles. The van der Waals surface area contributed by atoms with E-state index in [1.807, 2.05) is 12.4 Å². The summed E-state index contributed by atoms with van der Waals surface area (Å²) >= 11 is 0. The predicted molar refractivity (Wildman–Crippen MR) is 76.7 cm³/mol. The number of nitrogens with zero attached hydrogens (tertiary/aromatic N) is 2. The van der Waals surface area contributed by atoms with E-state index >= 15 is 0 Å². The first kappa shape index (κ1) is 13.1. The van der Waals surface area contributed by atoms with Crippen molar-refractivity contribution in [3.63, 3.8) is 0 Å². The number of fused-ring (bicyclic) bond motifs is 1. The van der Waals surface area contributed by atoms with Crippen LogP contribution in [-0.2, 0) is 6.54 Å². The van der Waals surface area contributed by atoms with Crippen LogP contribution >= 0.6 is 0 Å². The lowest BCUT2D eigenvalue weighted by molar-refractivity contribution is 0.487. The quantitative estimate of drug-likeness (QED) is 0.759. The highest BCUT2D eigenvalue weighted by molar-refractivity contribution is 5.74. The molecule has 3 heteroatoms. The van der Waals surface area contributed by atoms with Crippen LogP contribution in [0.3, 0.4) is 0 Å². The van der Waals surface area contributed by atoms with Crippen LogP contribution in [0.4, 0.5) is 0 Å². The Kier molecular flexibility index (Phi) is 4.76. The lowest BCUT2D eigenvalue weighted by Gasteiger charge is -2.11. The highest BCUT2D eigenvalue weighted by atomic mass is 15.0. The van der Waals surface area contributed by atoms with Gasteiger partial charge in [-0.2, -0.15) is 0 Å². The van der Waals surface area contributed by atoms with Crippen LogP contribution in [0.1, 0.15) is 33.1 Å². The van der Waals surface area contributed by atoms with Gasteiger partial charge in [-0.15, -0.1) is 0 Å². The summed E-state index contributed by atoms with van der Waals surface area (Å²) in [6.07, 6.45) is 5.69. The van der Waals surface area contributed by atoms with Crippen LogP contribution in [0, 0.1) is 0 Å². The van der Waals surface area contributed by atoms with Gasteiger partial charge in [-0.1, -0.05) is 25.5 Å². The Morgan fingerprint density at radius 3 is 2.94 bits per heavy atom. The van der Waals surface area contributed by atoms with Crippen LogP contribution in [0.2, 0.25) is 0 Å². The lowest BCUT2D eigenvalue weighted by Crippen LogP contribution is -2.25. The van der Waals surface area contributed by atoms with E-state index in [2.05, 4.69) is 46.9 Å². The van der Waals surface area contributed by atoms with Gasteiger partial charge in [-0.05, 0) is 38.4 Å². The number of para-hydroxylation sites is 2. The first-order valence-electron chi connectivity index (χ1n) is 6.94. The molecule has 0 radical (unpaired) electrons. The molecule has 0 fully saturated rings. The molecule has 1 N–H and O–H groups in total. The summed E-state index contributed by atoms with van der Waals surface area (Å²) in [6.45, 7) is 6.55. The molecule has 0 spiro atoms. The van der Waals surface area contributed by atoms with Crippen molar-refractivity contribution in [1.29, 1.82) is 0 Å². The predicted octanol–water partition coefficient (Wildman–Crippen LogP) is 3.20. The average Bonchev–Trinajstić information content (AvgIpc) is 2.78. The van der Waals surface area contributed by atoms with Crippen molar-refractivity contribution < 1.29 is 0 Å². The summed E-state index contributed by atoms with van der Waals surface area (Å²) < 4.78 is 2.26. The van der Waals surface area contributed by atoms with Gasteiger partial charge >= 0.3 is 0 Å². The largest absolute Gasteiger partial charge is 0.331 e. The number of unbranched alkanes of at least 4 members (excludes halogenated alkanes) is 1. The second kappa shape index (κ2) is 6.55. The second-order valence-corrected chi connectivity index (χ2v) is 4.88. The van der Waals surface area contributed by atoms with Crippen LogP contribution in [0.25, 0.3) is 11.0 Å². The summed E-state index contributed by atoms with van der Waals surface area (Å²) in [4.78, 5) is 4.41. The van der Waals surface area contributed by atoms with E-state index in [1.165, 1.54) is 24.8 Å². The smallest absolute Gasteiger partial charge is 0.0958 e. The third-order valence-corrected chi connectivity index (χ3v) is 3.37. The molecule has 0 aliphatic rings. The topological polar surface area (TPSA) is 29.9 Å². The van der Waals surface area contributed by atoms with Gasteiger partial charge in [0.1, 0.15) is 0 Å². The molecule has 2 rings (SSSR count). The number of imidazole rings is 1. The Balaban J connectivity index is 1.80. The molecule has 2 aromatic rings. The van der Waals surface area contributed by atoms with Crippen molar-refractivity contribution >= 4 is 11.0 Å². The van der Waals surface area contributed by atoms with E-state index in [-0.39, 0.29) is 0 Å². The van der Waals surface area contributed by atoms with Crippen molar-refractivity contribution in [2.45, 2.75) is 45.7 Å². The Bertz CT molecular complexity index is 475. The first-order valence-corrected chi connectivity index (χ1v) is 6.94. The average molecular weight is 245 g/mol. The second-order valence-electron chi connectivity index (χ2n) is 4.88. The summed E-state index contributed by atoms with van der Waals surface area (Å²) in [5.41, 5.74) is 2.34. The Morgan fingerprint density at radius 1 is 1.28 bits per heavy atom. The number of hydrogen-bond acceptors (Lipinski definition) is 2. The summed E-state index contributed by atoms with van der Waals surface area (Å²) in [7, 11) is 0. The Morgan fingerprint density at radius 2 is 2.11 bits per heavy atom. The van der Waals surface area contributed by atoms with Gasteiger partial charge in [0.25, 0.3) is 0 Å². The van der Waals surface area contributed by atoms with Crippen molar-refractivity contribution in [3.8, 4) is 0 Å². The number of nitrogens with one attached hydrogen (secondary N) is 1. The van der Waals surface area contributed by atoms with Crippen LogP contribution in [-0.4, -0.2) is 22.1 Å². The zero-order chi connectivity index (χ0) is 12.8. The number of hydrogen-bond donors (Lipinski definition) is 1. The highest BCUT2D eigenvalue weighted by Crippen LogP contribution is 2.13. The molecule has 0 saturated heterocycles. The summed E-state index contributed by atoms with van der Waals surface area (Å²) in [5, 5.41) is 3.45. The molecule has 1 atom stereocenters. The van der Waals surface area contributed by atoms with Crippen molar-refractivity contribution in [2.75, 3.05) is 6.54 Å². The van der Waals surface area contributed by atoms with E-state index in [9.17, 15) is 0 Å². The fourth-order valence-corrected chi connectivity index (χ4v) is 2.37. The van der Waals surface area contributed by atoms with Gasteiger partial charge in [-0.3, -0.25) is 0 Å². The summed E-state index contributed by atoms with van der Waals surface area (Å²) in [5.74, 6) is 0. The van der Waals surface area contributed by atoms with E-state index in [0.29, 0.717) is 6.04 Å². The van der Waals surface area contributed by atoms with Gasteiger partial charge in [-0.25, -0.2) is 4.98 Å². The van der Waals surface area contributed by atoms with Crippen molar-refractivity contribution in [3.05, 3.63) is 30.6 Å². The monoisotopic (exact) mass is 245 g/mol. The zero-order valence-corrected chi connectivity index (χ0v) is 11.4. The maximum absolute atomic E-state index is 4.41. The van der Waals surface area contributed by atoms with Crippen LogP contribution in [0.5, 0.6) is 0 Å². The minimum absolute atomic E-state index is 0.634. The van der Waals surface area contributed by atoms with Crippen LogP contribution < -0.4 is 5.32 Å². The number of benzene rings is 1. The molecule has 18 heavy (non-hydrogen) atoms. The maximum atomic E-state index is 4.41. The minimum Gasteiger partial charge on any atom is -0.331 e. The van der Waals surface area contributed by atoms with Gasteiger partial charge < -0.3 is 9.88 Å². The third-order valence-electron chi connectivity index (χ3n) is 3.37. The molecule has 1 aromatic carbocycles. The molecular weight excluding hydrogens is 222 g/mol. The van der Waals surface area contributed by atoms with Gasteiger partial charge in [0.05, 0.1) is 17.4 Å². The fourth-order valence-electron chi connectivity index (χ4n) is 2.37. The highest BCUT2D eigenvalue weighted by Gasteiger charge is 2.02. The summed E-state index contributed by atoms with van der Waals surface area (Å²) in [6, 6.07) is 8.96. The molecule has 1 heterocycles. The number of aryl methyl sites for hydroxylation is 1. The Hall–Kier alpha value is -1.35. The minimum atomic E-state index is 0.634. The molecule has 0 aliphatic carbocycles. The van der Waals surface area contributed by atoms with E-state index in [1.54, 1.807) is 0 Å². The number of aromatic nitrogens is 2. The first-order chi connectivity index (χ1) is 8.81. The van der Waals surface area contributed by atoms with E-state index in [0.717, 1.165) is 18.6 Å². The molecule has 3 nitrogen and oxygen atoms in total.